The van der Waals surface area contributed by atoms with E-state index < -0.39 is 11.6 Å². The predicted octanol–water partition coefficient (Wildman–Crippen LogP) is 4.64. The van der Waals surface area contributed by atoms with E-state index in [-0.39, 0.29) is 22.1 Å². The third-order valence-electron chi connectivity index (χ3n) is 3.14. The van der Waals surface area contributed by atoms with Gasteiger partial charge in [0, 0.05) is 28.6 Å². The first kappa shape index (κ1) is 14.2. The van der Waals surface area contributed by atoms with Gasteiger partial charge in [-0.05, 0) is 18.2 Å². The lowest BCUT2D eigenvalue weighted by Gasteiger charge is -2.05. The molecule has 0 bridgehead atoms. The van der Waals surface area contributed by atoms with Crippen LogP contribution in [0.15, 0.2) is 37.0 Å². The molecule has 0 aliphatic rings. The van der Waals surface area contributed by atoms with E-state index in [1.54, 1.807) is 0 Å². The maximum atomic E-state index is 14.0. The van der Waals surface area contributed by atoms with Gasteiger partial charge in [0.05, 0.1) is 16.5 Å². The Balaban J connectivity index is 2.27. The van der Waals surface area contributed by atoms with Crippen LogP contribution in [-0.4, -0.2) is 10.1 Å². The van der Waals surface area contributed by atoms with E-state index in [0.29, 0.717) is 15.4 Å². The Morgan fingerprint density at radius 3 is 2.64 bits per heavy atom. The number of aliphatic hydroxyl groups excluding tert-OH is 1. The number of halogens is 2. The normalized spacial score (nSPS) is 10.6. The van der Waals surface area contributed by atoms with Crippen molar-refractivity contribution >= 4 is 27.9 Å². The van der Waals surface area contributed by atoms with E-state index >= 15 is 0 Å². The number of thiazole rings is 1. The second-order valence-corrected chi connectivity index (χ2v) is 5.63. The van der Waals surface area contributed by atoms with E-state index in [1.807, 2.05) is 6.07 Å². The highest BCUT2D eigenvalue weighted by atomic mass is 32.1. The molecule has 1 aromatic heterocycles. The van der Waals surface area contributed by atoms with Crippen LogP contribution in [0.25, 0.3) is 27.1 Å². The average molecular weight is 314 g/mol. The van der Waals surface area contributed by atoms with Gasteiger partial charge < -0.3 is 5.11 Å². The van der Waals surface area contributed by atoms with Crippen molar-refractivity contribution in [2.75, 3.05) is 0 Å². The Morgan fingerprint density at radius 1 is 1.23 bits per heavy atom. The van der Waals surface area contributed by atoms with Crippen LogP contribution < -0.4 is 0 Å². The number of aliphatic hydroxyl groups is 1. The molecule has 0 amide bonds. The topological polar surface area (TPSA) is 56.9 Å². The largest absolute Gasteiger partial charge is 0.507 e. The van der Waals surface area contributed by atoms with Crippen LogP contribution in [0.3, 0.4) is 0 Å². The van der Waals surface area contributed by atoms with Crippen molar-refractivity contribution in [3.63, 3.8) is 0 Å². The molecule has 0 saturated carbocycles. The Kier molecular flexibility index (Phi) is 3.35. The van der Waals surface area contributed by atoms with E-state index in [0.717, 1.165) is 23.5 Å². The monoisotopic (exact) mass is 314 g/mol. The Hall–Kier alpha value is -2.78. The van der Waals surface area contributed by atoms with Crippen LogP contribution >= 0.6 is 11.3 Å². The van der Waals surface area contributed by atoms with Crippen molar-refractivity contribution in [3.05, 3.63) is 59.1 Å². The molecule has 1 heterocycles. The number of hydrogen-bond donors (Lipinski definition) is 1. The summed E-state index contributed by atoms with van der Waals surface area (Å²) < 4.78 is 27.3. The fraction of sp³-hybridized carbons (Fsp3) is 0. The lowest BCUT2D eigenvalue weighted by Crippen LogP contribution is -1.89. The van der Waals surface area contributed by atoms with Crippen molar-refractivity contribution in [1.29, 1.82) is 5.26 Å². The fourth-order valence-electron chi connectivity index (χ4n) is 2.14. The molecule has 0 unspecified atom stereocenters. The van der Waals surface area contributed by atoms with Crippen LogP contribution in [0.2, 0.25) is 0 Å². The van der Waals surface area contributed by atoms with Gasteiger partial charge in [-0.25, -0.2) is 13.8 Å². The second-order valence-electron chi connectivity index (χ2n) is 4.59. The van der Waals surface area contributed by atoms with E-state index in [4.69, 9.17) is 0 Å². The third kappa shape index (κ3) is 2.32. The van der Waals surface area contributed by atoms with Crippen LogP contribution in [0.4, 0.5) is 8.78 Å². The molecule has 2 aromatic carbocycles. The number of fused-ring (bicyclic) bond motifs is 1. The minimum Gasteiger partial charge on any atom is -0.507 e. The van der Waals surface area contributed by atoms with Gasteiger partial charge in [0.15, 0.2) is 0 Å². The fourth-order valence-corrected chi connectivity index (χ4v) is 2.91. The van der Waals surface area contributed by atoms with Crippen molar-refractivity contribution in [2.45, 2.75) is 0 Å². The molecule has 3 rings (SSSR count). The molecule has 1 N–H and O–H groups in total. The maximum absolute atomic E-state index is 14.0. The van der Waals surface area contributed by atoms with Gasteiger partial charge in [-0.3, -0.25) is 0 Å². The molecule has 108 valence electrons. The average Bonchev–Trinajstić information content (AvgIpc) is 2.96. The number of hydrogen-bond acceptors (Lipinski definition) is 4. The minimum atomic E-state index is -0.739. The summed E-state index contributed by atoms with van der Waals surface area (Å²) in [6.07, 6.45) is 1.44. The van der Waals surface area contributed by atoms with Crippen molar-refractivity contribution in [1.82, 2.24) is 4.98 Å². The van der Waals surface area contributed by atoms with E-state index in [1.165, 1.54) is 18.3 Å². The van der Waals surface area contributed by atoms with Crippen LogP contribution in [0.5, 0.6) is 0 Å². The van der Waals surface area contributed by atoms with Gasteiger partial charge in [-0.1, -0.05) is 6.58 Å². The zero-order valence-electron chi connectivity index (χ0n) is 11.1. The SMILES string of the molecule is C=C(O)c1cnc(-c2cc(C#N)c3cc(F)cc(F)c3c2)s1. The van der Waals surface area contributed by atoms with Gasteiger partial charge in [0.25, 0.3) is 0 Å². The Labute approximate surface area is 128 Å². The molecule has 0 spiro atoms. The summed E-state index contributed by atoms with van der Waals surface area (Å²) in [6.45, 7) is 3.41. The predicted molar refractivity (Wildman–Crippen MR) is 81.3 cm³/mol. The van der Waals surface area contributed by atoms with Crippen molar-refractivity contribution < 1.29 is 13.9 Å². The van der Waals surface area contributed by atoms with Crippen LogP contribution in [-0.2, 0) is 0 Å². The smallest absolute Gasteiger partial charge is 0.134 e. The Morgan fingerprint density at radius 2 is 2.00 bits per heavy atom. The first-order valence-electron chi connectivity index (χ1n) is 6.17. The molecule has 0 aliphatic heterocycles. The van der Waals surface area contributed by atoms with E-state index in [2.05, 4.69) is 11.6 Å². The lowest BCUT2D eigenvalue weighted by molar-refractivity contribution is 0.515. The molecular formula is C16H8F2N2OS. The lowest BCUT2D eigenvalue weighted by atomic mass is 10.0. The molecule has 0 saturated heterocycles. The van der Waals surface area contributed by atoms with Crippen molar-refractivity contribution in [3.8, 4) is 16.6 Å². The summed E-state index contributed by atoms with van der Waals surface area (Å²) in [6, 6.07) is 6.87. The highest BCUT2D eigenvalue weighted by molar-refractivity contribution is 7.16. The zero-order chi connectivity index (χ0) is 15.9. The maximum Gasteiger partial charge on any atom is 0.134 e. The Bertz CT molecular complexity index is 957. The molecular weight excluding hydrogens is 306 g/mol. The van der Waals surface area contributed by atoms with Crippen molar-refractivity contribution in [2.24, 2.45) is 0 Å². The quantitative estimate of drug-likeness (QED) is 0.701. The summed E-state index contributed by atoms with van der Waals surface area (Å²) in [7, 11) is 0. The highest BCUT2D eigenvalue weighted by Crippen LogP contribution is 2.33. The number of nitriles is 1. The molecule has 3 nitrogen and oxygen atoms in total. The van der Waals surface area contributed by atoms with E-state index in [9.17, 15) is 19.1 Å². The zero-order valence-corrected chi connectivity index (χ0v) is 11.9. The number of aromatic nitrogens is 1. The highest BCUT2D eigenvalue weighted by Gasteiger charge is 2.13. The molecule has 6 heteroatoms. The van der Waals surface area contributed by atoms with Gasteiger partial charge in [0.1, 0.15) is 22.4 Å². The number of nitrogens with zero attached hydrogens (tertiary/aromatic N) is 2. The first-order chi connectivity index (χ1) is 10.5. The molecule has 0 fully saturated rings. The van der Waals surface area contributed by atoms with Gasteiger partial charge in [-0.2, -0.15) is 5.26 Å². The summed E-state index contributed by atoms with van der Waals surface area (Å²) in [5, 5.41) is 19.4. The third-order valence-corrected chi connectivity index (χ3v) is 4.24. The van der Waals surface area contributed by atoms with Gasteiger partial charge in [-0.15, -0.1) is 11.3 Å². The second kappa shape index (κ2) is 5.20. The van der Waals surface area contributed by atoms with Crippen LogP contribution in [0, 0.1) is 23.0 Å². The minimum absolute atomic E-state index is 0.113. The first-order valence-corrected chi connectivity index (χ1v) is 6.98. The molecule has 22 heavy (non-hydrogen) atoms. The van der Waals surface area contributed by atoms with Gasteiger partial charge in [0.2, 0.25) is 0 Å². The molecule has 3 aromatic rings. The summed E-state index contributed by atoms with van der Waals surface area (Å²) >= 11 is 1.16. The standard InChI is InChI=1S/C16H8F2N2OS/c1-8(21)15-7-20-16(22-15)9-2-10(6-19)12-4-11(17)5-14(18)13(12)3-9/h2-5,7,21H,1H2. The van der Waals surface area contributed by atoms with Gasteiger partial charge >= 0.3 is 0 Å². The molecule has 0 atom stereocenters. The molecule has 0 radical (unpaired) electrons. The summed E-state index contributed by atoms with van der Waals surface area (Å²) in [5.41, 5.74) is 0.678. The summed E-state index contributed by atoms with van der Waals surface area (Å²) in [4.78, 5) is 4.61. The van der Waals surface area contributed by atoms with Crippen LogP contribution in [0.1, 0.15) is 10.4 Å². The number of rotatable bonds is 2. The number of benzene rings is 2. The molecule has 0 aliphatic carbocycles. The summed E-state index contributed by atoms with van der Waals surface area (Å²) in [5.74, 6) is -1.59.